The molecule has 0 fully saturated rings. The van der Waals surface area contributed by atoms with E-state index in [0.29, 0.717) is 23.1 Å². The first-order valence-corrected chi connectivity index (χ1v) is 7.42. The van der Waals surface area contributed by atoms with Crippen molar-refractivity contribution in [1.29, 1.82) is 0 Å². The van der Waals surface area contributed by atoms with E-state index < -0.39 is 5.97 Å². The fraction of sp³-hybridized carbons (Fsp3) is 0.0625. The molecule has 22 heavy (non-hydrogen) atoms. The van der Waals surface area contributed by atoms with Gasteiger partial charge in [0.05, 0.1) is 5.01 Å². The lowest BCUT2D eigenvalue weighted by Crippen LogP contribution is -2.08. The molecule has 3 aromatic rings. The highest BCUT2D eigenvalue weighted by Gasteiger charge is 2.12. The third-order valence-electron chi connectivity index (χ3n) is 2.72. The van der Waals surface area contributed by atoms with E-state index in [1.54, 1.807) is 41.9 Å². The number of ether oxygens (including phenoxy) is 2. The Morgan fingerprint density at radius 1 is 1.09 bits per heavy atom. The molecule has 0 unspecified atom stereocenters. The van der Waals surface area contributed by atoms with Crippen molar-refractivity contribution in [2.24, 2.45) is 0 Å². The van der Waals surface area contributed by atoms with Crippen LogP contribution in [-0.4, -0.2) is 15.9 Å². The second-order valence-corrected chi connectivity index (χ2v) is 5.44. The number of aromatic nitrogens is 2. The van der Waals surface area contributed by atoms with Crippen molar-refractivity contribution < 1.29 is 14.3 Å². The lowest BCUT2D eigenvalue weighted by Gasteiger charge is -2.06. The van der Waals surface area contributed by atoms with Crippen molar-refractivity contribution >= 4 is 17.3 Å². The molecule has 5 nitrogen and oxygen atoms in total. The molecule has 3 rings (SSSR count). The smallest absolute Gasteiger partial charge is 0.363 e. The molecule has 0 saturated heterocycles. The van der Waals surface area contributed by atoms with E-state index in [4.69, 9.17) is 9.47 Å². The number of hydrogen-bond donors (Lipinski definition) is 0. The molecule has 0 atom stereocenters. The van der Waals surface area contributed by atoms with E-state index in [-0.39, 0.29) is 0 Å². The number of thiazole rings is 1. The minimum Gasteiger partial charge on any atom is -0.439 e. The normalized spacial score (nSPS) is 10.2. The summed E-state index contributed by atoms with van der Waals surface area (Å²) in [4.78, 5) is 20.0. The van der Waals surface area contributed by atoms with Crippen LogP contribution in [0.15, 0.2) is 54.0 Å². The van der Waals surface area contributed by atoms with Gasteiger partial charge in [0.25, 0.3) is 0 Å². The van der Waals surface area contributed by atoms with Crippen LogP contribution in [0.1, 0.15) is 15.5 Å². The minimum atomic E-state index is -0.470. The van der Waals surface area contributed by atoms with Crippen molar-refractivity contribution in [1.82, 2.24) is 9.97 Å². The predicted molar refractivity (Wildman–Crippen MR) is 82.6 cm³/mol. The minimum absolute atomic E-state index is 0.316. The summed E-state index contributed by atoms with van der Waals surface area (Å²) >= 11 is 1.41. The summed E-state index contributed by atoms with van der Waals surface area (Å²) < 4.78 is 10.8. The van der Waals surface area contributed by atoms with Crippen LogP contribution in [0.2, 0.25) is 0 Å². The Morgan fingerprint density at radius 2 is 1.86 bits per heavy atom. The van der Waals surface area contributed by atoms with Crippen molar-refractivity contribution in [3.8, 4) is 17.4 Å². The van der Waals surface area contributed by atoms with E-state index in [1.165, 1.54) is 11.3 Å². The van der Waals surface area contributed by atoms with Gasteiger partial charge in [-0.25, -0.2) is 14.8 Å². The van der Waals surface area contributed by atoms with Gasteiger partial charge in [0, 0.05) is 17.6 Å². The summed E-state index contributed by atoms with van der Waals surface area (Å²) in [7, 11) is 0. The topological polar surface area (TPSA) is 61.3 Å². The fourth-order valence-corrected chi connectivity index (χ4v) is 2.30. The molecule has 0 radical (unpaired) electrons. The number of aryl methyl sites for hydroxylation is 1. The number of carbonyl (C=O) groups excluding carboxylic acids is 1. The molecule has 110 valence electrons. The molecule has 1 aromatic carbocycles. The van der Waals surface area contributed by atoms with Crippen LogP contribution in [0.5, 0.6) is 17.4 Å². The van der Waals surface area contributed by atoms with E-state index in [2.05, 4.69) is 9.97 Å². The fourth-order valence-electron chi connectivity index (χ4n) is 1.72. The SMILES string of the molecule is Cc1nc(C(=O)Oc2ccc(Oc3ccccn3)cc2)cs1. The van der Waals surface area contributed by atoms with Gasteiger partial charge in [0.1, 0.15) is 11.5 Å². The predicted octanol–water partition coefficient (Wildman–Crippen LogP) is 3.86. The van der Waals surface area contributed by atoms with Gasteiger partial charge in [-0.05, 0) is 37.3 Å². The molecule has 0 amide bonds. The van der Waals surface area contributed by atoms with Gasteiger partial charge >= 0.3 is 5.97 Å². The third kappa shape index (κ3) is 3.48. The maximum atomic E-state index is 11.9. The zero-order valence-corrected chi connectivity index (χ0v) is 12.5. The van der Waals surface area contributed by atoms with E-state index in [9.17, 15) is 4.79 Å². The second-order valence-electron chi connectivity index (χ2n) is 4.38. The molecule has 6 heteroatoms. The Balaban J connectivity index is 1.65. The lowest BCUT2D eigenvalue weighted by atomic mass is 10.3. The highest BCUT2D eigenvalue weighted by atomic mass is 32.1. The van der Waals surface area contributed by atoms with Crippen molar-refractivity contribution in [2.45, 2.75) is 6.92 Å². The molecular weight excluding hydrogens is 300 g/mol. The number of hydrogen-bond acceptors (Lipinski definition) is 6. The Bertz CT molecular complexity index is 770. The summed E-state index contributed by atoms with van der Waals surface area (Å²) in [6.07, 6.45) is 1.65. The maximum Gasteiger partial charge on any atom is 0.363 e. The van der Waals surface area contributed by atoms with Crippen LogP contribution >= 0.6 is 11.3 Å². The van der Waals surface area contributed by atoms with E-state index >= 15 is 0 Å². The third-order valence-corrected chi connectivity index (χ3v) is 3.50. The average molecular weight is 312 g/mol. The van der Waals surface area contributed by atoms with Crippen LogP contribution in [0.3, 0.4) is 0 Å². The van der Waals surface area contributed by atoms with Gasteiger partial charge in [-0.15, -0.1) is 11.3 Å². The second kappa shape index (κ2) is 6.36. The summed E-state index contributed by atoms with van der Waals surface area (Å²) in [6.45, 7) is 1.84. The van der Waals surface area contributed by atoms with Gasteiger partial charge < -0.3 is 9.47 Å². The standard InChI is InChI=1S/C16H12N2O3S/c1-11-18-14(10-22-11)16(19)21-13-7-5-12(6-8-13)20-15-4-2-3-9-17-15/h2-10H,1H3. The quantitative estimate of drug-likeness (QED) is 0.541. The molecular formula is C16H12N2O3S. The molecule has 0 saturated carbocycles. The summed E-state index contributed by atoms with van der Waals surface area (Å²) in [5.41, 5.74) is 0.316. The highest BCUT2D eigenvalue weighted by Crippen LogP contribution is 2.22. The number of rotatable bonds is 4. The van der Waals surface area contributed by atoms with Crippen LogP contribution in [0.25, 0.3) is 0 Å². The van der Waals surface area contributed by atoms with Crippen molar-refractivity contribution in [3.63, 3.8) is 0 Å². The highest BCUT2D eigenvalue weighted by molar-refractivity contribution is 7.09. The summed E-state index contributed by atoms with van der Waals surface area (Å²) in [5.74, 6) is 1.08. The van der Waals surface area contributed by atoms with Gasteiger partial charge in [0.15, 0.2) is 5.69 Å². The zero-order valence-electron chi connectivity index (χ0n) is 11.7. The Hall–Kier alpha value is -2.73. The first-order chi connectivity index (χ1) is 10.7. The Labute approximate surface area is 131 Å². The molecule has 0 aliphatic rings. The van der Waals surface area contributed by atoms with Gasteiger partial charge in [-0.1, -0.05) is 6.07 Å². The Kier molecular flexibility index (Phi) is 4.11. The maximum absolute atomic E-state index is 11.9. The number of carbonyl (C=O) groups is 1. The number of esters is 1. The van der Waals surface area contributed by atoms with E-state index in [0.717, 1.165) is 5.01 Å². The van der Waals surface area contributed by atoms with E-state index in [1.807, 2.05) is 19.1 Å². The number of nitrogens with zero attached hydrogens (tertiary/aromatic N) is 2. The largest absolute Gasteiger partial charge is 0.439 e. The molecule has 0 aliphatic carbocycles. The first-order valence-electron chi connectivity index (χ1n) is 6.54. The van der Waals surface area contributed by atoms with Gasteiger partial charge in [-0.3, -0.25) is 0 Å². The summed E-state index contributed by atoms with van der Waals surface area (Å²) in [5, 5.41) is 2.50. The van der Waals surface area contributed by atoms with Crippen LogP contribution in [0.4, 0.5) is 0 Å². The van der Waals surface area contributed by atoms with Gasteiger partial charge in [-0.2, -0.15) is 0 Å². The van der Waals surface area contributed by atoms with Crippen molar-refractivity contribution in [2.75, 3.05) is 0 Å². The molecule has 0 N–H and O–H groups in total. The zero-order chi connectivity index (χ0) is 15.4. The van der Waals surface area contributed by atoms with Crippen LogP contribution < -0.4 is 9.47 Å². The number of benzene rings is 1. The molecule has 2 aromatic heterocycles. The molecule has 0 bridgehead atoms. The molecule has 2 heterocycles. The molecule has 0 spiro atoms. The molecule has 0 aliphatic heterocycles. The Morgan fingerprint density at radius 3 is 2.50 bits per heavy atom. The van der Waals surface area contributed by atoms with Gasteiger partial charge in [0.2, 0.25) is 5.88 Å². The lowest BCUT2D eigenvalue weighted by molar-refractivity contribution is 0.0729. The summed E-state index contributed by atoms with van der Waals surface area (Å²) in [6, 6.07) is 12.2. The number of pyridine rings is 1. The van der Waals surface area contributed by atoms with Crippen LogP contribution in [0, 0.1) is 6.92 Å². The van der Waals surface area contributed by atoms with Crippen molar-refractivity contribution in [3.05, 3.63) is 64.7 Å². The van der Waals surface area contributed by atoms with Crippen LogP contribution in [-0.2, 0) is 0 Å². The monoisotopic (exact) mass is 312 g/mol. The average Bonchev–Trinajstić information content (AvgIpc) is 2.97. The first kappa shape index (κ1) is 14.2.